The molecule has 7 heteroatoms. The molecular weight excluding hydrogens is 370 g/mol. The minimum Gasteiger partial charge on any atom is -0.464 e. The van der Waals surface area contributed by atoms with Gasteiger partial charge in [-0.25, -0.2) is 0 Å². The molecule has 0 fully saturated rings. The van der Waals surface area contributed by atoms with Crippen LogP contribution in [0.15, 0.2) is 60.3 Å². The highest BCUT2D eigenvalue weighted by atomic mass is 35.5. The SMILES string of the molecule is C=CO/C(=C\C)c1ccc(C(=O)NCc2ccc(SNC)cc2Cl)cn1. The maximum Gasteiger partial charge on any atom is 0.253 e. The molecule has 2 aromatic rings. The van der Waals surface area contributed by atoms with Gasteiger partial charge >= 0.3 is 0 Å². The van der Waals surface area contributed by atoms with Crippen LogP contribution in [0.25, 0.3) is 5.76 Å². The van der Waals surface area contributed by atoms with Gasteiger partial charge in [-0.05, 0) is 61.8 Å². The molecule has 0 radical (unpaired) electrons. The van der Waals surface area contributed by atoms with E-state index in [1.807, 2.05) is 32.2 Å². The fraction of sp³-hybridized carbons (Fsp3) is 0.158. The van der Waals surface area contributed by atoms with Crippen molar-refractivity contribution in [3.05, 3.63) is 77.3 Å². The number of allylic oxidation sites excluding steroid dienone is 1. The van der Waals surface area contributed by atoms with E-state index in [1.165, 1.54) is 24.4 Å². The second kappa shape index (κ2) is 10.0. The molecule has 1 amide bonds. The summed E-state index contributed by atoms with van der Waals surface area (Å²) in [6, 6.07) is 9.13. The van der Waals surface area contributed by atoms with Gasteiger partial charge in [0.15, 0.2) is 0 Å². The van der Waals surface area contributed by atoms with Gasteiger partial charge in [0.05, 0.1) is 11.8 Å². The summed E-state index contributed by atoms with van der Waals surface area (Å²) in [5, 5.41) is 3.46. The van der Waals surface area contributed by atoms with Crippen LogP contribution in [-0.4, -0.2) is 17.9 Å². The maximum absolute atomic E-state index is 12.3. The largest absolute Gasteiger partial charge is 0.464 e. The average Bonchev–Trinajstić information content (AvgIpc) is 2.65. The zero-order valence-corrected chi connectivity index (χ0v) is 16.2. The van der Waals surface area contributed by atoms with Crippen molar-refractivity contribution in [1.82, 2.24) is 15.0 Å². The molecule has 5 nitrogen and oxygen atoms in total. The van der Waals surface area contributed by atoms with Crippen molar-refractivity contribution in [2.45, 2.75) is 18.4 Å². The first-order chi connectivity index (χ1) is 12.6. The summed E-state index contributed by atoms with van der Waals surface area (Å²) in [7, 11) is 1.84. The molecule has 0 aliphatic rings. The van der Waals surface area contributed by atoms with Crippen LogP contribution in [-0.2, 0) is 11.3 Å². The van der Waals surface area contributed by atoms with E-state index < -0.39 is 0 Å². The van der Waals surface area contributed by atoms with E-state index in [4.69, 9.17) is 16.3 Å². The smallest absolute Gasteiger partial charge is 0.253 e. The molecule has 0 atom stereocenters. The Hall–Kier alpha value is -2.28. The summed E-state index contributed by atoms with van der Waals surface area (Å²) < 4.78 is 8.25. The van der Waals surface area contributed by atoms with E-state index in [2.05, 4.69) is 21.6 Å². The normalized spacial score (nSPS) is 11.1. The van der Waals surface area contributed by atoms with Crippen molar-refractivity contribution in [2.75, 3.05) is 7.05 Å². The Kier molecular flexibility index (Phi) is 7.72. The van der Waals surface area contributed by atoms with E-state index >= 15 is 0 Å². The molecule has 136 valence electrons. The highest BCUT2D eigenvalue weighted by Gasteiger charge is 2.10. The van der Waals surface area contributed by atoms with Gasteiger partial charge in [-0.15, -0.1) is 0 Å². The molecule has 2 N–H and O–H groups in total. The van der Waals surface area contributed by atoms with E-state index in [1.54, 1.807) is 18.2 Å². The standard InChI is InChI=1S/C19H20ClN3O2S/c1-4-18(25-5-2)17-9-7-14(12-22-17)19(24)23-11-13-6-8-15(26-21-3)10-16(13)20/h4-10,12,21H,2,11H2,1,3H3,(H,23,24)/b18-4-. The zero-order chi connectivity index (χ0) is 18.9. The predicted octanol–water partition coefficient (Wildman–Crippen LogP) is 4.41. The first-order valence-corrected chi connectivity index (χ1v) is 9.09. The fourth-order valence-corrected chi connectivity index (χ4v) is 3.03. The zero-order valence-electron chi connectivity index (χ0n) is 14.6. The summed E-state index contributed by atoms with van der Waals surface area (Å²) in [4.78, 5) is 17.6. The molecule has 0 saturated carbocycles. The molecule has 1 heterocycles. The topological polar surface area (TPSA) is 63.2 Å². The highest BCUT2D eigenvalue weighted by Crippen LogP contribution is 2.23. The third-order valence-electron chi connectivity index (χ3n) is 3.43. The monoisotopic (exact) mass is 389 g/mol. The number of benzene rings is 1. The molecule has 26 heavy (non-hydrogen) atoms. The number of carbonyl (C=O) groups is 1. The summed E-state index contributed by atoms with van der Waals surface area (Å²) in [5.41, 5.74) is 1.94. The van der Waals surface area contributed by atoms with Gasteiger partial charge in [0.2, 0.25) is 0 Å². The Labute approximate surface area is 162 Å². The molecule has 0 unspecified atom stereocenters. The summed E-state index contributed by atoms with van der Waals surface area (Å²) >= 11 is 7.74. The average molecular weight is 390 g/mol. The lowest BCUT2D eigenvalue weighted by Gasteiger charge is -2.09. The Morgan fingerprint density at radius 3 is 2.77 bits per heavy atom. The van der Waals surface area contributed by atoms with Crippen LogP contribution >= 0.6 is 23.5 Å². The van der Waals surface area contributed by atoms with E-state index in [0.717, 1.165) is 10.5 Å². The number of rotatable bonds is 8. The van der Waals surface area contributed by atoms with E-state index in [-0.39, 0.29) is 5.91 Å². The summed E-state index contributed by atoms with van der Waals surface area (Å²) in [6.07, 6.45) is 4.62. The third kappa shape index (κ3) is 5.36. The third-order valence-corrected chi connectivity index (χ3v) is 4.48. The van der Waals surface area contributed by atoms with Crippen LogP contribution < -0.4 is 10.0 Å². The molecule has 2 rings (SSSR count). The summed E-state index contributed by atoms with van der Waals surface area (Å²) in [5.74, 6) is 0.360. The molecule has 1 aromatic heterocycles. The molecule has 0 aliphatic heterocycles. The van der Waals surface area contributed by atoms with Crippen LogP contribution in [0.5, 0.6) is 0 Å². The number of amides is 1. The van der Waals surface area contributed by atoms with Crippen LogP contribution in [0.3, 0.4) is 0 Å². The first kappa shape index (κ1) is 20.0. The Bertz CT molecular complexity index is 807. The van der Waals surface area contributed by atoms with Gasteiger partial charge in [-0.2, -0.15) is 0 Å². The van der Waals surface area contributed by atoms with Gasteiger partial charge in [-0.1, -0.05) is 24.2 Å². The van der Waals surface area contributed by atoms with Crippen molar-refractivity contribution < 1.29 is 9.53 Å². The fourth-order valence-electron chi connectivity index (χ4n) is 2.17. The molecule has 0 spiro atoms. The van der Waals surface area contributed by atoms with Crippen molar-refractivity contribution in [3.63, 3.8) is 0 Å². The van der Waals surface area contributed by atoms with Gasteiger partial charge < -0.3 is 10.1 Å². The minimum absolute atomic E-state index is 0.222. The van der Waals surface area contributed by atoms with Crippen LogP contribution in [0, 0.1) is 0 Å². The number of hydrogen-bond acceptors (Lipinski definition) is 5. The lowest BCUT2D eigenvalue weighted by molar-refractivity contribution is 0.0950. The number of hydrogen-bond donors (Lipinski definition) is 2. The van der Waals surface area contributed by atoms with Crippen molar-refractivity contribution in [3.8, 4) is 0 Å². The second-order valence-electron chi connectivity index (χ2n) is 5.11. The quantitative estimate of drug-likeness (QED) is 0.517. The second-order valence-corrected chi connectivity index (χ2v) is 6.60. The Morgan fingerprint density at radius 2 is 2.19 bits per heavy atom. The van der Waals surface area contributed by atoms with Gasteiger partial charge in [0.1, 0.15) is 11.5 Å². The van der Waals surface area contributed by atoms with Crippen molar-refractivity contribution >= 4 is 35.2 Å². The van der Waals surface area contributed by atoms with Gasteiger partial charge in [0, 0.05) is 22.7 Å². The van der Waals surface area contributed by atoms with Gasteiger partial charge in [0.25, 0.3) is 5.91 Å². The number of halogens is 1. The number of aromatic nitrogens is 1. The minimum atomic E-state index is -0.222. The Morgan fingerprint density at radius 1 is 1.38 bits per heavy atom. The molecule has 1 aromatic carbocycles. The molecule has 0 saturated heterocycles. The highest BCUT2D eigenvalue weighted by molar-refractivity contribution is 7.97. The van der Waals surface area contributed by atoms with E-state index in [0.29, 0.717) is 28.6 Å². The molecular formula is C19H20ClN3O2S. The number of ether oxygens (including phenoxy) is 1. The lowest BCUT2D eigenvalue weighted by Crippen LogP contribution is -2.23. The van der Waals surface area contributed by atoms with Crippen LogP contribution in [0.1, 0.15) is 28.5 Å². The first-order valence-electron chi connectivity index (χ1n) is 7.89. The molecule has 0 bridgehead atoms. The van der Waals surface area contributed by atoms with Crippen molar-refractivity contribution in [2.24, 2.45) is 0 Å². The number of nitrogens with one attached hydrogen (secondary N) is 2. The van der Waals surface area contributed by atoms with Gasteiger partial charge in [-0.3, -0.25) is 14.5 Å². The van der Waals surface area contributed by atoms with Crippen LogP contribution in [0.2, 0.25) is 5.02 Å². The lowest BCUT2D eigenvalue weighted by atomic mass is 10.2. The Balaban J connectivity index is 2.01. The predicted molar refractivity (Wildman–Crippen MR) is 107 cm³/mol. The molecule has 0 aliphatic carbocycles. The maximum atomic E-state index is 12.3. The van der Waals surface area contributed by atoms with Crippen molar-refractivity contribution in [1.29, 1.82) is 0 Å². The number of nitrogens with zero attached hydrogens (tertiary/aromatic N) is 1. The summed E-state index contributed by atoms with van der Waals surface area (Å²) in [6.45, 7) is 5.70. The van der Waals surface area contributed by atoms with E-state index in [9.17, 15) is 4.79 Å². The number of carbonyl (C=O) groups excluding carboxylic acids is 1. The van der Waals surface area contributed by atoms with Crippen LogP contribution in [0.4, 0.5) is 0 Å². The number of pyridine rings is 1.